The normalized spacial score (nSPS) is 14.8. The van der Waals surface area contributed by atoms with Crippen LogP contribution in [0.5, 0.6) is 0 Å². The third-order valence-corrected chi connectivity index (χ3v) is 4.11. The molecule has 2 rings (SSSR count). The van der Waals surface area contributed by atoms with E-state index in [2.05, 4.69) is 5.32 Å². The third kappa shape index (κ3) is 4.79. The number of hydrogen-bond acceptors (Lipinski definition) is 3. The van der Waals surface area contributed by atoms with E-state index in [1.54, 1.807) is 31.2 Å². The summed E-state index contributed by atoms with van der Waals surface area (Å²) in [4.78, 5) is 12.2. The summed E-state index contributed by atoms with van der Waals surface area (Å²) in [5.41, 5.74) is 7.75. The molecule has 3 atom stereocenters. The van der Waals surface area contributed by atoms with Crippen LogP contribution < -0.4 is 11.1 Å². The summed E-state index contributed by atoms with van der Waals surface area (Å²) < 4.78 is 0. The lowest BCUT2D eigenvalue weighted by Crippen LogP contribution is -2.37. The highest BCUT2D eigenvalue weighted by molar-refractivity contribution is 6.30. The Morgan fingerprint density at radius 3 is 2.35 bits per heavy atom. The average Bonchev–Trinajstić information content (AvgIpc) is 2.59. The van der Waals surface area contributed by atoms with Crippen molar-refractivity contribution >= 4 is 17.5 Å². The molecule has 4 nitrogen and oxygen atoms in total. The van der Waals surface area contributed by atoms with Gasteiger partial charge in [-0.05, 0) is 23.3 Å². The molecule has 0 saturated carbocycles. The van der Waals surface area contributed by atoms with E-state index in [1.807, 2.05) is 30.3 Å². The topological polar surface area (TPSA) is 75.3 Å². The monoisotopic (exact) mass is 332 g/mol. The van der Waals surface area contributed by atoms with E-state index < -0.39 is 12.0 Å². The van der Waals surface area contributed by atoms with Gasteiger partial charge >= 0.3 is 0 Å². The highest BCUT2D eigenvalue weighted by Crippen LogP contribution is 2.20. The molecule has 3 unspecified atom stereocenters. The molecule has 5 heteroatoms. The highest BCUT2D eigenvalue weighted by Gasteiger charge is 2.22. The Morgan fingerprint density at radius 2 is 1.74 bits per heavy atom. The van der Waals surface area contributed by atoms with Crippen LogP contribution >= 0.6 is 11.6 Å². The number of aliphatic hydroxyl groups is 1. The first-order valence-electron chi connectivity index (χ1n) is 7.51. The summed E-state index contributed by atoms with van der Waals surface area (Å²) in [6.45, 7) is 1.91. The minimum atomic E-state index is -0.781. The molecule has 2 aromatic rings. The van der Waals surface area contributed by atoms with Crippen LogP contribution in [0.3, 0.4) is 0 Å². The Labute approximate surface area is 141 Å². The lowest BCUT2D eigenvalue weighted by molar-refractivity contribution is -0.125. The Balaban J connectivity index is 1.89. The Morgan fingerprint density at radius 1 is 1.13 bits per heavy atom. The van der Waals surface area contributed by atoms with Crippen LogP contribution in [0.1, 0.15) is 30.2 Å². The van der Waals surface area contributed by atoms with Crippen LogP contribution in [0.15, 0.2) is 54.6 Å². The summed E-state index contributed by atoms with van der Waals surface area (Å²) in [5, 5.41) is 13.5. The molecule has 0 radical (unpaired) electrons. The lowest BCUT2D eigenvalue weighted by Gasteiger charge is -2.21. The number of nitrogens with two attached hydrogens (primary N) is 1. The molecule has 4 N–H and O–H groups in total. The standard InChI is InChI=1S/C18H21ClN2O2/c1-12(17(20)14-5-3-2-4-6-14)18(23)21-11-16(22)13-7-9-15(19)10-8-13/h2-10,12,16-17,22H,11,20H2,1H3,(H,21,23). The summed E-state index contributed by atoms with van der Waals surface area (Å²) in [7, 11) is 0. The first kappa shape index (κ1) is 17.5. The third-order valence-electron chi connectivity index (χ3n) is 3.86. The Kier molecular flexibility index (Phi) is 6.16. The fourth-order valence-corrected chi connectivity index (χ4v) is 2.41. The van der Waals surface area contributed by atoms with Crippen LogP contribution in [0, 0.1) is 5.92 Å². The number of aliphatic hydroxyl groups excluding tert-OH is 1. The van der Waals surface area contributed by atoms with Crippen LogP contribution in [0.25, 0.3) is 0 Å². The molecule has 0 spiro atoms. The number of nitrogens with one attached hydrogen (secondary N) is 1. The smallest absolute Gasteiger partial charge is 0.224 e. The first-order valence-corrected chi connectivity index (χ1v) is 7.88. The average molecular weight is 333 g/mol. The predicted molar refractivity (Wildman–Crippen MR) is 92.0 cm³/mol. The van der Waals surface area contributed by atoms with Gasteiger partial charge in [0.05, 0.1) is 12.0 Å². The molecule has 0 aromatic heterocycles. The van der Waals surface area contributed by atoms with Gasteiger partial charge in [-0.1, -0.05) is 61.0 Å². The Bertz CT molecular complexity index is 631. The van der Waals surface area contributed by atoms with Crippen molar-refractivity contribution in [2.45, 2.75) is 19.1 Å². The molecule has 1 amide bonds. The molecular weight excluding hydrogens is 312 g/mol. The maximum absolute atomic E-state index is 12.2. The molecule has 23 heavy (non-hydrogen) atoms. The summed E-state index contributed by atoms with van der Waals surface area (Å²) in [6.07, 6.45) is -0.781. The predicted octanol–water partition coefficient (Wildman–Crippen LogP) is 2.83. The second-order valence-electron chi connectivity index (χ2n) is 5.54. The second kappa shape index (κ2) is 8.11. The molecule has 0 heterocycles. The maximum atomic E-state index is 12.2. The SMILES string of the molecule is CC(C(=O)NCC(O)c1ccc(Cl)cc1)C(N)c1ccccc1. The number of carbonyl (C=O) groups is 1. The number of carbonyl (C=O) groups excluding carboxylic acids is 1. The van der Waals surface area contributed by atoms with Crippen molar-refractivity contribution in [3.8, 4) is 0 Å². The second-order valence-corrected chi connectivity index (χ2v) is 5.97. The number of hydrogen-bond donors (Lipinski definition) is 3. The largest absolute Gasteiger partial charge is 0.387 e. The molecule has 0 saturated heterocycles. The summed E-state index contributed by atoms with van der Waals surface area (Å²) >= 11 is 5.81. The van der Waals surface area contributed by atoms with Crippen molar-refractivity contribution in [1.29, 1.82) is 0 Å². The fraction of sp³-hybridized carbons (Fsp3) is 0.278. The minimum Gasteiger partial charge on any atom is -0.387 e. The minimum absolute atomic E-state index is 0.131. The summed E-state index contributed by atoms with van der Waals surface area (Å²) in [6, 6.07) is 16.0. The molecule has 2 aromatic carbocycles. The van der Waals surface area contributed by atoms with Crippen molar-refractivity contribution in [3.63, 3.8) is 0 Å². The fourth-order valence-electron chi connectivity index (χ4n) is 2.29. The van der Waals surface area contributed by atoms with E-state index in [0.29, 0.717) is 10.6 Å². The molecular formula is C18H21ClN2O2. The van der Waals surface area contributed by atoms with E-state index >= 15 is 0 Å². The zero-order valence-electron chi connectivity index (χ0n) is 12.9. The quantitative estimate of drug-likeness (QED) is 0.761. The van der Waals surface area contributed by atoms with Gasteiger partial charge < -0.3 is 16.2 Å². The van der Waals surface area contributed by atoms with Crippen molar-refractivity contribution < 1.29 is 9.90 Å². The molecule has 0 bridgehead atoms. The maximum Gasteiger partial charge on any atom is 0.224 e. The highest BCUT2D eigenvalue weighted by atomic mass is 35.5. The van der Waals surface area contributed by atoms with Crippen LogP contribution in [-0.2, 0) is 4.79 Å². The number of benzene rings is 2. The number of rotatable bonds is 6. The van der Waals surface area contributed by atoms with Gasteiger partial charge in [-0.2, -0.15) is 0 Å². The number of halogens is 1. The molecule has 0 fully saturated rings. The van der Waals surface area contributed by atoms with Crippen LogP contribution in [0.4, 0.5) is 0 Å². The van der Waals surface area contributed by atoms with Gasteiger partial charge in [0.25, 0.3) is 0 Å². The van der Waals surface area contributed by atoms with Gasteiger partial charge in [-0.25, -0.2) is 0 Å². The van der Waals surface area contributed by atoms with Gasteiger partial charge in [0, 0.05) is 17.6 Å². The van der Waals surface area contributed by atoms with E-state index in [1.165, 1.54) is 0 Å². The molecule has 0 aliphatic carbocycles. The van der Waals surface area contributed by atoms with Crippen molar-refractivity contribution in [2.75, 3.05) is 6.54 Å². The van der Waals surface area contributed by atoms with Crippen LogP contribution in [0.2, 0.25) is 5.02 Å². The van der Waals surface area contributed by atoms with Gasteiger partial charge in [0.15, 0.2) is 0 Å². The van der Waals surface area contributed by atoms with Crippen molar-refractivity contribution in [3.05, 3.63) is 70.7 Å². The van der Waals surface area contributed by atoms with Crippen molar-refractivity contribution in [2.24, 2.45) is 11.7 Å². The Hall–Kier alpha value is -1.88. The van der Waals surface area contributed by atoms with Crippen molar-refractivity contribution in [1.82, 2.24) is 5.32 Å². The molecule has 0 aliphatic heterocycles. The van der Waals surface area contributed by atoms with Crippen LogP contribution in [-0.4, -0.2) is 17.6 Å². The summed E-state index contributed by atoms with van der Waals surface area (Å²) in [5.74, 6) is -0.579. The first-order chi connectivity index (χ1) is 11.0. The zero-order valence-corrected chi connectivity index (χ0v) is 13.7. The van der Waals surface area contributed by atoms with Gasteiger partial charge in [0.1, 0.15) is 0 Å². The molecule has 0 aliphatic rings. The number of amides is 1. The van der Waals surface area contributed by atoms with E-state index in [4.69, 9.17) is 17.3 Å². The molecule has 122 valence electrons. The van der Waals surface area contributed by atoms with E-state index in [0.717, 1.165) is 5.56 Å². The van der Waals surface area contributed by atoms with Gasteiger partial charge in [-0.15, -0.1) is 0 Å². The lowest BCUT2D eigenvalue weighted by atomic mass is 9.94. The van der Waals surface area contributed by atoms with E-state index in [-0.39, 0.29) is 18.5 Å². The zero-order chi connectivity index (χ0) is 16.8. The van der Waals surface area contributed by atoms with Gasteiger partial charge in [0.2, 0.25) is 5.91 Å². The van der Waals surface area contributed by atoms with E-state index in [9.17, 15) is 9.90 Å². The van der Waals surface area contributed by atoms with Gasteiger partial charge in [-0.3, -0.25) is 4.79 Å².